The first-order valence-electron chi connectivity index (χ1n) is 8.11. The number of rotatable bonds is 0. The predicted molar refractivity (Wildman–Crippen MR) is 80.5 cm³/mol. The standard InChI is InChI=1S/C18H17NO4/c1-19-8-16-6-9-2-3-10(20)13-12(9)17(7-16)14(23-13)11(21)4-5-18(17,22)15(16)19/h2-5,14-15,20,22H,6-8H2,1H3. The molecule has 5 atom stereocenters. The first-order chi connectivity index (χ1) is 10.9. The summed E-state index contributed by atoms with van der Waals surface area (Å²) in [6.07, 6.45) is 4.06. The number of likely N-dealkylation sites (N-methyl/N-ethyl adjacent to an activating group) is 1. The van der Waals surface area contributed by atoms with Gasteiger partial charge in [-0.2, -0.15) is 0 Å². The Balaban J connectivity index is 1.77. The van der Waals surface area contributed by atoms with Crippen molar-refractivity contribution in [3.05, 3.63) is 35.4 Å². The minimum atomic E-state index is -1.12. The van der Waals surface area contributed by atoms with Gasteiger partial charge in [0.2, 0.25) is 0 Å². The average Bonchev–Trinajstić information content (AvgIpc) is 2.91. The molecule has 2 fully saturated rings. The van der Waals surface area contributed by atoms with Crippen LogP contribution in [0, 0.1) is 5.41 Å². The topological polar surface area (TPSA) is 70.0 Å². The fraction of sp³-hybridized carbons (Fsp3) is 0.500. The molecule has 23 heavy (non-hydrogen) atoms. The molecule has 0 radical (unpaired) electrons. The molecule has 5 heteroatoms. The van der Waals surface area contributed by atoms with E-state index in [1.165, 1.54) is 6.08 Å². The first kappa shape index (κ1) is 12.6. The number of aromatic hydroxyl groups is 1. The van der Waals surface area contributed by atoms with Crippen LogP contribution in [0.25, 0.3) is 0 Å². The second-order valence-corrected chi connectivity index (χ2v) is 8.01. The highest BCUT2D eigenvalue weighted by Gasteiger charge is 2.82. The van der Waals surface area contributed by atoms with E-state index in [1.807, 2.05) is 13.1 Å². The third-order valence-corrected chi connectivity index (χ3v) is 7.00. The second kappa shape index (κ2) is 3.19. The summed E-state index contributed by atoms with van der Waals surface area (Å²) in [5, 5.41) is 22.0. The maximum atomic E-state index is 12.6. The van der Waals surface area contributed by atoms with Crippen molar-refractivity contribution in [3.63, 3.8) is 0 Å². The summed E-state index contributed by atoms with van der Waals surface area (Å²) in [6, 6.07) is 3.58. The average molecular weight is 311 g/mol. The second-order valence-electron chi connectivity index (χ2n) is 8.01. The smallest absolute Gasteiger partial charge is 0.196 e. The summed E-state index contributed by atoms with van der Waals surface area (Å²) < 4.78 is 5.96. The number of likely N-dealkylation sites (tertiary alicyclic amines) is 1. The van der Waals surface area contributed by atoms with Gasteiger partial charge in [-0.1, -0.05) is 6.07 Å². The number of aliphatic hydroxyl groups is 1. The molecule has 2 N–H and O–H groups in total. The number of ketones is 1. The lowest BCUT2D eigenvalue weighted by atomic mass is 9.59. The van der Waals surface area contributed by atoms with Crippen molar-refractivity contribution in [3.8, 4) is 11.5 Å². The van der Waals surface area contributed by atoms with Crippen LogP contribution in [0.1, 0.15) is 17.5 Å². The number of ether oxygens (including phenoxy) is 1. The number of hydrogen-bond acceptors (Lipinski definition) is 5. The summed E-state index contributed by atoms with van der Waals surface area (Å²) in [4.78, 5) is 14.7. The molecule has 6 rings (SSSR count). The summed E-state index contributed by atoms with van der Waals surface area (Å²) >= 11 is 0. The van der Waals surface area contributed by atoms with Crippen molar-refractivity contribution in [2.24, 2.45) is 5.41 Å². The van der Waals surface area contributed by atoms with Crippen LogP contribution >= 0.6 is 0 Å². The highest BCUT2D eigenvalue weighted by molar-refractivity contribution is 5.99. The number of carbonyl (C=O) groups is 1. The predicted octanol–water partition coefficient (Wildman–Crippen LogP) is 0.521. The van der Waals surface area contributed by atoms with E-state index in [1.54, 1.807) is 12.1 Å². The van der Waals surface area contributed by atoms with E-state index in [0.29, 0.717) is 5.75 Å². The molecule has 5 unspecified atom stereocenters. The Morgan fingerprint density at radius 1 is 1.39 bits per heavy atom. The van der Waals surface area contributed by atoms with Gasteiger partial charge in [0.25, 0.3) is 0 Å². The molecular weight excluding hydrogens is 294 g/mol. The summed E-state index contributed by atoms with van der Waals surface area (Å²) in [5.74, 6) is 0.352. The SMILES string of the molecule is CN1CC23Cc4ccc(O)c5c4C4(C2)C(O5)C(=O)C=CC4(O)C13. The number of phenolic OH excluding ortho intramolecular Hbond substituents is 1. The zero-order valence-corrected chi connectivity index (χ0v) is 12.7. The van der Waals surface area contributed by atoms with Gasteiger partial charge in [0.15, 0.2) is 23.4 Å². The first-order valence-corrected chi connectivity index (χ1v) is 8.11. The molecular formula is C18H17NO4. The zero-order valence-electron chi connectivity index (χ0n) is 12.7. The summed E-state index contributed by atoms with van der Waals surface area (Å²) in [6.45, 7) is 0.923. The van der Waals surface area contributed by atoms with E-state index in [-0.39, 0.29) is 23.0 Å². The molecule has 1 saturated carbocycles. The molecule has 1 saturated heterocycles. The van der Waals surface area contributed by atoms with E-state index in [0.717, 1.165) is 30.5 Å². The number of phenols is 1. The van der Waals surface area contributed by atoms with Crippen molar-refractivity contribution in [1.29, 1.82) is 0 Å². The van der Waals surface area contributed by atoms with Crippen molar-refractivity contribution in [1.82, 2.24) is 4.90 Å². The molecule has 5 nitrogen and oxygen atoms in total. The van der Waals surface area contributed by atoms with Crippen LogP contribution in [0.5, 0.6) is 11.5 Å². The number of benzene rings is 1. The van der Waals surface area contributed by atoms with Crippen LogP contribution in [0.2, 0.25) is 0 Å². The Bertz CT molecular complexity index is 848. The summed E-state index contributed by atoms with van der Waals surface area (Å²) in [5.41, 5.74) is 0.101. The minimum absolute atomic E-state index is 0.00828. The number of carbonyl (C=O) groups excluding carboxylic acids is 1. The highest BCUT2D eigenvalue weighted by atomic mass is 16.5. The zero-order chi connectivity index (χ0) is 15.8. The van der Waals surface area contributed by atoms with Crippen molar-refractivity contribution in [2.75, 3.05) is 13.6 Å². The highest BCUT2D eigenvalue weighted by Crippen LogP contribution is 2.73. The Morgan fingerprint density at radius 2 is 2.22 bits per heavy atom. The van der Waals surface area contributed by atoms with Gasteiger partial charge in [-0.25, -0.2) is 0 Å². The third kappa shape index (κ3) is 0.984. The number of fused-ring (bicyclic) bond motifs is 1. The summed E-state index contributed by atoms with van der Waals surface area (Å²) in [7, 11) is 2.03. The largest absolute Gasteiger partial charge is 0.504 e. The third-order valence-electron chi connectivity index (χ3n) is 7.00. The number of nitrogens with zero attached hydrogens (tertiary/aromatic N) is 1. The van der Waals surface area contributed by atoms with Crippen LogP contribution in [0.4, 0.5) is 0 Å². The van der Waals surface area contributed by atoms with Crippen molar-refractivity contribution < 1.29 is 19.7 Å². The number of hydrogen-bond donors (Lipinski definition) is 2. The molecule has 1 aromatic rings. The van der Waals surface area contributed by atoms with Gasteiger partial charge in [0.1, 0.15) is 5.60 Å². The van der Waals surface area contributed by atoms with E-state index in [4.69, 9.17) is 4.74 Å². The molecule has 118 valence electrons. The van der Waals surface area contributed by atoms with Gasteiger partial charge in [0, 0.05) is 23.6 Å². The van der Waals surface area contributed by atoms with Crippen LogP contribution in [-0.2, 0) is 16.6 Å². The van der Waals surface area contributed by atoms with Gasteiger partial charge < -0.3 is 14.9 Å². The van der Waals surface area contributed by atoms with Crippen molar-refractivity contribution in [2.45, 2.75) is 36.0 Å². The molecule has 2 aliphatic heterocycles. The maximum Gasteiger partial charge on any atom is 0.196 e. The Morgan fingerprint density at radius 3 is 3.00 bits per heavy atom. The van der Waals surface area contributed by atoms with Crippen molar-refractivity contribution >= 4 is 5.78 Å². The van der Waals surface area contributed by atoms with Gasteiger partial charge in [-0.3, -0.25) is 9.69 Å². The van der Waals surface area contributed by atoms with Gasteiger partial charge in [0.05, 0.1) is 5.41 Å². The maximum absolute atomic E-state index is 12.6. The molecule has 1 aromatic carbocycles. The lowest BCUT2D eigenvalue weighted by Gasteiger charge is -2.56. The van der Waals surface area contributed by atoms with Gasteiger partial charge in [-0.05, 0) is 43.7 Å². The van der Waals surface area contributed by atoms with Crippen LogP contribution < -0.4 is 4.74 Å². The molecule has 3 aliphatic carbocycles. The molecule has 2 spiro atoms. The quantitative estimate of drug-likeness (QED) is 0.731. The molecule has 0 aromatic heterocycles. The Kier molecular flexibility index (Phi) is 1.74. The monoisotopic (exact) mass is 311 g/mol. The molecule has 5 aliphatic rings. The van der Waals surface area contributed by atoms with Crippen LogP contribution in [-0.4, -0.2) is 52.2 Å². The van der Waals surface area contributed by atoms with Gasteiger partial charge >= 0.3 is 0 Å². The minimum Gasteiger partial charge on any atom is -0.504 e. The molecule has 0 amide bonds. The van der Waals surface area contributed by atoms with E-state index >= 15 is 0 Å². The Hall–Kier alpha value is -1.85. The van der Waals surface area contributed by atoms with E-state index in [2.05, 4.69) is 4.90 Å². The Labute approximate surface area is 133 Å². The fourth-order valence-corrected chi connectivity index (χ4v) is 6.67. The van der Waals surface area contributed by atoms with E-state index < -0.39 is 17.1 Å². The lowest BCUT2D eigenvalue weighted by molar-refractivity contribution is -0.137. The van der Waals surface area contributed by atoms with Crippen LogP contribution in [0.3, 0.4) is 0 Å². The fourth-order valence-electron chi connectivity index (χ4n) is 6.67. The normalized spacial score (nSPS) is 47.8. The molecule has 2 heterocycles. The van der Waals surface area contributed by atoms with Crippen LogP contribution in [0.15, 0.2) is 24.3 Å². The molecule has 2 bridgehead atoms. The van der Waals surface area contributed by atoms with Gasteiger partial charge in [-0.15, -0.1) is 0 Å². The van der Waals surface area contributed by atoms with E-state index in [9.17, 15) is 15.0 Å². The lowest BCUT2D eigenvalue weighted by Crippen LogP contribution is -2.69.